The lowest BCUT2D eigenvalue weighted by atomic mass is 9.94. The molecule has 4 rings (SSSR count). The van der Waals surface area contributed by atoms with E-state index in [9.17, 15) is 14.7 Å². The minimum Gasteiger partial charge on any atom is -0.507 e. The molecule has 1 saturated heterocycles. The molecule has 7 heteroatoms. The molecule has 1 N–H and O–H groups in total. The van der Waals surface area contributed by atoms with Crippen molar-refractivity contribution < 1.29 is 28.9 Å². The summed E-state index contributed by atoms with van der Waals surface area (Å²) in [6, 6.07) is 21.6. The SMILES string of the molecule is COCCN1C(=O)C(=O)/C(=C(/O)c2ccc(OCc3ccccc3)c(C)c2)C1c1ccc(OCC(C)C)cc1. The van der Waals surface area contributed by atoms with Gasteiger partial charge in [0.1, 0.15) is 23.9 Å². The summed E-state index contributed by atoms with van der Waals surface area (Å²) in [6.07, 6.45) is 0. The minimum absolute atomic E-state index is 0.0457. The van der Waals surface area contributed by atoms with E-state index in [0.29, 0.717) is 41.8 Å². The van der Waals surface area contributed by atoms with Gasteiger partial charge in [-0.25, -0.2) is 0 Å². The first kappa shape index (κ1) is 27.9. The summed E-state index contributed by atoms with van der Waals surface area (Å²) < 4.78 is 17.0. The van der Waals surface area contributed by atoms with Gasteiger partial charge in [0.05, 0.1) is 24.8 Å². The van der Waals surface area contributed by atoms with E-state index in [2.05, 4.69) is 13.8 Å². The number of aliphatic hydroxyl groups excluding tert-OH is 1. The zero-order valence-electron chi connectivity index (χ0n) is 22.8. The van der Waals surface area contributed by atoms with E-state index in [1.165, 1.54) is 12.0 Å². The number of Topliss-reactive ketones (excluding diaryl/α,β-unsaturated/α-hetero) is 1. The van der Waals surface area contributed by atoms with Crippen LogP contribution in [-0.4, -0.2) is 48.6 Å². The lowest BCUT2D eigenvalue weighted by Crippen LogP contribution is -2.32. The highest BCUT2D eigenvalue weighted by Gasteiger charge is 2.45. The molecule has 1 unspecified atom stereocenters. The monoisotopic (exact) mass is 529 g/mol. The highest BCUT2D eigenvalue weighted by molar-refractivity contribution is 6.46. The predicted octanol–water partition coefficient (Wildman–Crippen LogP) is 5.68. The standard InChI is InChI=1S/C32H35NO6/c1-21(2)19-38-26-13-10-24(11-14-26)29-28(31(35)32(36)33(29)16-17-37-4)30(34)25-12-15-27(22(3)18-25)39-20-23-8-6-5-7-9-23/h5-15,18,21,29,34H,16-17,19-20H2,1-4H3/b30-28+. The molecule has 1 aliphatic heterocycles. The van der Waals surface area contributed by atoms with E-state index >= 15 is 0 Å². The molecule has 0 aromatic heterocycles. The Balaban J connectivity index is 1.66. The van der Waals surface area contributed by atoms with Gasteiger partial charge in [0.15, 0.2) is 0 Å². The molecule has 1 heterocycles. The van der Waals surface area contributed by atoms with Gasteiger partial charge in [0.25, 0.3) is 11.7 Å². The van der Waals surface area contributed by atoms with Crippen molar-refractivity contribution in [3.05, 3.63) is 101 Å². The normalized spacial score (nSPS) is 16.6. The number of aliphatic hydroxyl groups is 1. The van der Waals surface area contributed by atoms with Crippen LogP contribution in [0, 0.1) is 12.8 Å². The van der Waals surface area contributed by atoms with E-state index in [1.54, 1.807) is 18.2 Å². The molecule has 0 saturated carbocycles. The summed E-state index contributed by atoms with van der Waals surface area (Å²) in [5.41, 5.74) is 3.02. The second kappa shape index (κ2) is 12.6. The Morgan fingerprint density at radius 3 is 2.33 bits per heavy atom. The van der Waals surface area contributed by atoms with Crippen molar-refractivity contribution in [3.63, 3.8) is 0 Å². The van der Waals surface area contributed by atoms with Crippen LogP contribution < -0.4 is 9.47 Å². The van der Waals surface area contributed by atoms with Crippen molar-refractivity contribution in [3.8, 4) is 11.5 Å². The van der Waals surface area contributed by atoms with Gasteiger partial charge < -0.3 is 24.2 Å². The lowest BCUT2D eigenvalue weighted by molar-refractivity contribution is -0.140. The molecule has 0 aliphatic carbocycles. The molecule has 204 valence electrons. The number of ether oxygens (including phenoxy) is 3. The minimum atomic E-state index is -0.756. The third kappa shape index (κ3) is 6.49. The van der Waals surface area contributed by atoms with Crippen LogP contribution in [0.25, 0.3) is 5.76 Å². The van der Waals surface area contributed by atoms with Crippen LogP contribution in [0.2, 0.25) is 0 Å². The average Bonchev–Trinajstić information content (AvgIpc) is 3.19. The maximum Gasteiger partial charge on any atom is 0.295 e. The number of amides is 1. The molecule has 0 bridgehead atoms. The van der Waals surface area contributed by atoms with Crippen molar-refractivity contribution in [2.45, 2.75) is 33.4 Å². The molecular formula is C32H35NO6. The first-order valence-electron chi connectivity index (χ1n) is 13.1. The number of rotatable bonds is 11. The van der Waals surface area contributed by atoms with Gasteiger partial charge in [-0.1, -0.05) is 56.3 Å². The molecule has 0 spiro atoms. The summed E-state index contributed by atoms with van der Waals surface area (Å²) in [5, 5.41) is 11.4. The quantitative estimate of drug-likeness (QED) is 0.196. The number of aryl methyl sites for hydroxylation is 1. The van der Waals surface area contributed by atoms with Crippen molar-refractivity contribution >= 4 is 17.4 Å². The third-order valence-electron chi connectivity index (χ3n) is 6.54. The number of likely N-dealkylation sites (tertiary alicyclic amines) is 1. The maximum absolute atomic E-state index is 13.2. The van der Waals surface area contributed by atoms with E-state index < -0.39 is 17.7 Å². The Labute approximate surface area is 229 Å². The van der Waals surface area contributed by atoms with Crippen molar-refractivity contribution in [2.75, 3.05) is 26.9 Å². The smallest absolute Gasteiger partial charge is 0.295 e. The highest BCUT2D eigenvalue weighted by atomic mass is 16.5. The van der Waals surface area contributed by atoms with E-state index in [4.69, 9.17) is 14.2 Å². The second-order valence-electron chi connectivity index (χ2n) is 10.0. The van der Waals surface area contributed by atoms with Gasteiger partial charge >= 0.3 is 0 Å². The number of methoxy groups -OCH3 is 1. The Morgan fingerprint density at radius 1 is 0.974 bits per heavy atom. The van der Waals surface area contributed by atoms with Crippen LogP contribution in [0.3, 0.4) is 0 Å². The molecule has 1 amide bonds. The number of benzene rings is 3. The van der Waals surface area contributed by atoms with Crippen LogP contribution in [0.15, 0.2) is 78.4 Å². The van der Waals surface area contributed by atoms with Gasteiger partial charge in [0.2, 0.25) is 0 Å². The van der Waals surface area contributed by atoms with Gasteiger partial charge in [-0.2, -0.15) is 0 Å². The summed E-state index contributed by atoms with van der Waals surface area (Å²) in [6.45, 7) is 7.47. The van der Waals surface area contributed by atoms with Crippen molar-refractivity contribution in [2.24, 2.45) is 5.92 Å². The average molecular weight is 530 g/mol. The zero-order valence-corrected chi connectivity index (χ0v) is 22.8. The maximum atomic E-state index is 13.2. The van der Waals surface area contributed by atoms with E-state index in [-0.39, 0.29) is 24.5 Å². The van der Waals surface area contributed by atoms with Gasteiger partial charge in [-0.3, -0.25) is 9.59 Å². The molecule has 1 aliphatic rings. The van der Waals surface area contributed by atoms with Crippen LogP contribution in [0.5, 0.6) is 11.5 Å². The number of carbonyl (C=O) groups excluding carboxylic acids is 2. The summed E-state index contributed by atoms with van der Waals surface area (Å²) in [4.78, 5) is 27.7. The van der Waals surface area contributed by atoms with Crippen LogP contribution in [-0.2, 0) is 20.9 Å². The lowest BCUT2D eigenvalue weighted by Gasteiger charge is -2.25. The first-order chi connectivity index (χ1) is 18.8. The van der Waals surface area contributed by atoms with Crippen LogP contribution >= 0.6 is 0 Å². The predicted molar refractivity (Wildman–Crippen MR) is 150 cm³/mol. The van der Waals surface area contributed by atoms with Crippen molar-refractivity contribution in [1.29, 1.82) is 0 Å². The Morgan fingerprint density at radius 2 is 1.69 bits per heavy atom. The molecule has 3 aromatic rings. The van der Waals surface area contributed by atoms with Gasteiger partial charge in [-0.15, -0.1) is 0 Å². The fourth-order valence-corrected chi connectivity index (χ4v) is 4.51. The largest absolute Gasteiger partial charge is 0.507 e. The molecule has 3 aromatic carbocycles. The summed E-state index contributed by atoms with van der Waals surface area (Å²) in [5.74, 6) is 0.127. The van der Waals surface area contributed by atoms with E-state index in [0.717, 1.165) is 11.1 Å². The van der Waals surface area contributed by atoms with Gasteiger partial charge in [0, 0.05) is 19.2 Å². The van der Waals surface area contributed by atoms with E-state index in [1.807, 2.05) is 61.5 Å². The third-order valence-corrected chi connectivity index (χ3v) is 6.54. The Hall–Kier alpha value is -4.10. The van der Waals surface area contributed by atoms with Crippen molar-refractivity contribution in [1.82, 2.24) is 4.90 Å². The number of nitrogens with zero attached hydrogens (tertiary/aromatic N) is 1. The number of carbonyl (C=O) groups is 2. The van der Waals surface area contributed by atoms with Crippen LogP contribution in [0.1, 0.15) is 42.1 Å². The van der Waals surface area contributed by atoms with Gasteiger partial charge in [-0.05, 0) is 59.9 Å². The number of hydrogen-bond donors (Lipinski definition) is 1. The summed E-state index contributed by atoms with van der Waals surface area (Å²) in [7, 11) is 1.54. The highest BCUT2D eigenvalue weighted by Crippen LogP contribution is 2.40. The molecule has 1 fully saturated rings. The first-order valence-corrected chi connectivity index (χ1v) is 13.1. The Bertz CT molecular complexity index is 1330. The molecule has 1 atom stereocenters. The molecule has 7 nitrogen and oxygen atoms in total. The number of ketones is 1. The molecule has 0 radical (unpaired) electrons. The molecule has 39 heavy (non-hydrogen) atoms. The Kier molecular flexibility index (Phi) is 9.04. The fraction of sp³-hybridized carbons (Fsp3) is 0.312. The molecular weight excluding hydrogens is 494 g/mol. The second-order valence-corrected chi connectivity index (χ2v) is 10.0. The fourth-order valence-electron chi connectivity index (χ4n) is 4.51. The topological polar surface area (TPSA) is 85.3 Å². The summed E-state index contributed by atoms with van der Waals surface area (Å²) >= 11 is 0. The zero-order chi connectivity index (χ0) is 27.9. The van der Waals surface area contributed by atoms with Crippen LogP contribution in [0.4, 0.5) is 0 Å². The number of hydrogen-bond acceptors (Lipinski definition) is 6.